The van der Waals surface area contributed by atoms with Crippen molar-refractivity contribution in [2.45, 2.75) is 4.90 Å². The van der Waals surface area contributed by atoms with Gasteiger partial charge in [-0.1, -0.05) is 6.07 Å². The van der Waals surface area contributed by atoms with Crippen LogP contribution >= 0.6 is 35.2 Å². The van der Waals surface area contributed by atoms with Crippen molar-refractivity contribution in [3.8, 4) is 0 Å². The standard InChI is InChI=1S/C6H5IS.Na.H/c7-5-2-1-3-6(8)4-5;;/h1-4,8H;;. The molecule has 0 radical (unpaired) electrons. The molecule has 0 saturated heterocycles. The van der Waals surface area contributed by atoms with Crippen LogP contribution in [0.4, 0.5) is 0 Å². The van der Waals surface area contributed by atoms with E-state index in [9.17, 15) is 0 Å². The van der Waals surface area contributed by atoms with E-state index in [1.54, 1.807) is 0 Å². The minimum atomic E-state index is 0. The third-order valence-electron chi connectivity index (χ3n) is 0.808. The van der Waals surface area contributed by atoms with Gasteiger partial charge in [0.1, 0.15) is 0 Å². The van der Waals surface area contributed by atoms with Crippen molar-refractivity contribution in [3.05, 3.63) is 27.8 Å². The van der Waals surface area contributed by atoms with E-state index in [-0.39, 0.29) is 29.6 Å². The predicted octanol–water partition coefficient (Wildman–Crippen LogP) is 1.93. The number of benzene rings is 1. The summed E-state index contributed by atoms with van der Waals surface area (Å²) in [6.45, 7) is 0. The average Bonchev–Trinajstić information content (AvgIpc) is 1.64. The van der Waals surface area contributed by atoms with Crippen molar-refractivity contribution in [2.24, 2.45) is 0 Å². The number of hydrogen-bond donors (Lipinski definition) is 1. The summed E-state index contributed by atoms with van der Waals surface area (Å²) in [6.07, 6.45) is 0. The van der Waals surface area contributed by atoms with E-state index in [0.717, 1.165) is 4.90 Å². The molecular weight excluding hydrogens is 254 g/mol. The van der Waals surface area contributed by atoms with Gasteiger partial charge in [0.2, 0.25) is 0 Å². The minimum absolute atomic E-state index is 0. The summed E-state index contributed by atoms with van der Waals surface area (Å²) < 4.78 is 1.23. The van der Waals surface area contributed by atoms with Gasteiger partial charge in [-0.25, -0.2) is 0 Å². The molecule has 1 aromatic rings. The fraction of sp³-hybridized carbons (Fsp3) is 0. The van der Waals surface area contributed by atoms with E-state index in [1.165, 1.54) is 3.57 Å². The zero-order chi connectivity index (χ0) is 5.98. The topological polar surface area (TPSA) is 0 Å². The summed E-state index contributed by atoms with van der Waals surface area (Å²) in [4.78, 5) is 1.02. The maximum absolute atomic E-state index is 4.15. The molecule has 3 heteroatoms. The van der Waals surface area contributed by atoms with Crippen LogP contribution in [-0.4, -0.2) is 29.6 Å². The van der Waals surface area contributed by atoms with Crippen LogP contribution < -0.4 is 0 Å². The van der Waals surface area contributed by atoms with Crippen LogP contribution in [0.2, 0.25) is 0 Å². The van der Waals surface area contributed by atoms with E-state index in [1.807, 2.05) is 24.3 Å². The second-order valence-electron chi connectivity index (χ2n) is 1.48. The van der Waals surface area contributed by atoms with Gasteiger partial charge in [-0.15, -0.1) is 12.6 Å². The first-order valence-corrected chi connectivity index (χ1v) is 3.76. The second-order valence-corrected chi connectivity index (χ2v) is 3.24. The Morgan fingerprint density at radius 1 is 1.33 bits per heavy atom. The van der Waals surface area contributed by atoms with Crippen molar-refractivity contribution in [2.75, 3.05) is 0 Å². The Kier molecular flexibility index (Phi) is 5.74. The summed E-state index contributed by atoms with van der Waals surface area (Å²) in [6, 6.07) is 8.01. The fourth-order valence-corrected chi connectivity index (χ4v) is 1.49. The Labute approximate surface area is 96.3 Å². The summed E-state index contributed by atoms with van der Waals surface area (Å²) in [5.41, 5.74) is 0. The number of halogens is 1. The van der Waals surface area contributed by atoms with Gasteiger partial charge < -0.3 is 0 Å². The summed E-state index contributed by atoms with van der Waals surface area (Å²) in [5.74, 6) is 0. The van der Waals surface area contributed by atoms with Crippen LogP contribution in [0.25, 0.3) is 0 Å². The van der Waals surface area contributed by atoms with Crippen molar-refractivity contribution < 1.29 is 0 Å². The van der Waals surface area contributed by atoms with Crippen molar-refractivity contribution >= 4 is 64.8 Å². The summed E-state index contributed by atoms with van der Waals surface area (Å²) in [5, 5.41) is 0. The van der Waals surface area contributed by atoms with Crippen LogP contribution in [0.15, 0.2) is 29.2 Å². The molecule has 9 heavy (non-hydrogen) atoms. The summed E-state index contributed by atoms with van der Waals surface area (Å²) in [7, 11) is 0. The van der Waals surface area contributed by atoms with Gasteiger partial charge >= 0.3 is 29.6 Å². The first-order valence-electron chi connectivity index (χ1n) is 2.23. The average molecular weight is 260 g/mol. The third-order valence-corrected chi connectivity index (χ3v) is 1.76. The number of thiol groups is 1. The molecule has 1 aromatic carbocycles. The van der Waals surface area contributed by atoms with E-state index in [4.69, 9.17) is 0 Å². The first kappa shape index (κ1) is 10.3. The molecule has 0 amide bonds. The fourth-order valence-electron chi connectivity index (χ4n) is 0.476. The van der Waals surface area contributed by atoms with Crippen LogP contribution in [0.1, 0.15) is 0 Å². The Balaban J connectivity index is 0.000000640. The van der Waals surface area contributed by atoms with Gasteiger partial charge in [0.15, 0.2) is 0 Å². The molecule has 44 valence electrons. The molecular formula is C6H6INaS. The maximum atomic E-state index is 4.15. The number of hydrogen-bond acceptors (Lipinski definition) is 1. The van der Waals surface area contributed by atoms with Gasteiger partial charge in [-0.2, -0.15) is 0 Å². The molecule has 0 spiro atoms. The molecule has 0 aliphatic heterocycles. The van der Waals surface area contributed by atoms with Gasteiger partial charge in [-0.05, 0) is 40.8 Å². The van der Waals surface area contributed by atoms with Crippen LogP contribution in [0.3, 0.4) is 0 Å². The van der Waals surface area contributed by atoms with Crippen molar-refractivity contribution in [1.29, 1.82) is 0 Å². The van der Waals surface area contributed by atoms with Gasteiger partial charge in [0.25, 0.3) is 0 Å². The molecule has 0 aliphatic carbocycles. The zero-order valence-corrected chi connectivity index (χ0v) is 7.19. The second kappa shape index (κ2) is 5.02. The molecule has 0 atom stereocenters. The molecule has 1 rings (SSSR count). The van der Waals surface area contributed by atoms with Crippen molar-refractivity contribution in [1.82, 2.24) is 0 Å². The van der Waals surface area contributed by atoms with Crippen LogP contribution in [0, 0.1) is 3.57 Å². The Morgan fingerprint density at radius 2 is 2.00 bits per heavy atom. The van der Waals surface area contributed by atoms with Crippen LogP contribution in [-0.2, 0) is 0 Å². The molecule has 0 unspecified atom stereocenters. The molecule has 0 N–H and O–H groups in total. The predicted molar refractivity (Wildman–Crippen MR) is 53.6 cm³/mol. The monoisotopic (exact) mass is 260 g/mol. The normalized spacial score (nSPS) is 8.22. The first-order chi connectivity index (χ1) is 3.79. The SMILES string of the molecule is Sc1cccc(I)c1.[NaH]. The molecule has 0 nitrogen and oxygen atoms in total. The third kappa shape index (κ3) is 3.88. The molecule has 0 fully saturated rings. The van der Waals surface area contributed by atoms with E-state index in [2.05, 4.69) is 35.2 Å². The number of rotatable bonds is 0. The molecule has 0 saturated carbocycles. The Morgan fingerprint density at radius 3 is 2.33 bits per heavy atom. The molecule has 0 bridgehead atoms. The van der Waals surface area contributed by atoms with Gasteiger partial charge in [0, 0.05) is 8.47 Å². The Bertz CT molecular complexity index is 173. The van der Waals surface area contributed by atoms with E-state index < -0.39 is 0 Å². The quantitative estimate of drug-likeness (QED) is 0.411. The van der Waals surface area contributed by atoms with Crippen molar-refractivity contribution in [3.63, 3.8) is 0 Å². The molecule has 0 aromatic heterocycles. The molecule has 0 aliphatic rings. The zero-order valence-electron chi connectivity index (χ0n) is 4.13. The van der Waals surface area contributed by atoms with Gasteiger partial charge in [-0.3, -0.25) is 0 Å². The molecule has 0 heterocycles. The van der Waals surface area contributed by atoms with E-state index >= 15 is 0 Å². The summed E-state index contributed by atoms with van der Waals surface area (Å²) >= 11 is 6.41. The Hall–Kier alpha value is 1.30. The van der Waals surface area contributed by atoms with Crippen LogP contribution in [0.5, 0.6) is 0 Å². The van der Waals surface area contributed by atoms with E-state index in [0.29, 0.717) is 0 Å². The van der Waals surface area contributed by atoms with Gasteiger partial charge in [0.05, 0.1) is 0 Å².